The van der Waals surface area contributed by atoms with Gasteiger partial charge in [0.1, 0.15) is 11.6 Å². The predicted molar refractivity (Wildman–Crippen MR) is 100 cm³/mol. The molecule has 3 heterocycles. The molecular formula is C21H29N3O2. The molecule has 3 fully saturated rings. The second-order valence-electron chi connectivity index (χ2n) is 7.94. The highest BCUT2D eigenvalue weighted by atomic mass is 16.2. The first kappa shape index (κ1) is 17.5. The fraction of sp³-hybridized carbons (Fsp3) is 0.619. The molecule has 5 nitrogen and oxygen atoms in total. The van der Waals surface area contributed by atoms with Crippen molar-refractivity contribution in [1.29, 1.82) is 0 Å². The summed E-state index contributed by atoms with van der Waals surface area (Å²) < 4.78 is 0. The molecule has 0 aromatic heterocycles. The molecule has 0 bridgehead atoms. The summed E-state index contributed by atoms with van der Waals surface area (Å²) in [5.41, 5.74) is 0.709. The van der Waals surface area contributed by atoms with Gasteiger partial charge in [0.25, 0.3) is 0 Å². The van der Waals surface area contributed by atoms with Crippen molar-refractivity contribution in [2.45, 2.75) is 57.2 Å². The Bertz CT molecular complexity index is 667. The van der Waals surface area contributed by atoms with Gasteiger partial charge in [0, 0.05) is 32.7 Å². The van der Waals surface area contributed by atoms with Crippen molar-refractivity contribution in [1.82, 2.24) is 14.7 Å². The average Bonchev–Trinajstić information content (AvgIpc) is 3.16. The van der Waals surface area contributed by atoms with E-state index in [-0.39, 0.29) is 17.9 Å². The zero-order valence-corrected chi connectivity index (χ0v) is 15.7. The second-order valence-corrected chi connectivity index (χ2v) is 7.94. The van der Waals surface area contributed by atoms with Crippen LogP contribution < -0.4 is 0 Å². The van der Waals surface area contributed by atoms with Crippen molar-refractivity contribution in [3.8, 4) is 0 Å². The van der Waals surface area contributed by atoms with Gasteiger partial charge in [0.2, 0.25) is 11.8 Å². The number of nitrogens with zero attached hydrogens (tertiary/aromatic N) is 3. The Morgan fingerprint density at radius 3 is 2.50 bits per heavy atom. The molecule has 1 aromatic rings. The van der Waals surface area contributed by atoms with E-state index in [4.69, 9.17) is 0 Å². The van der Waals surface area contributed by atoms with Crippen LogP contribution in [0.4, 0.5) is 0 Å². The van der Waals surface area contributed by atoms with Gasteiger partial charge in [-0.1, -0.05) is 37.3 Å². The van der Waals surface area contributed by atoms with Gasteiger partial charge in [-0.25, -0.2) is 0 Å². The van der Waals surface area contributed by atoms with Crippen LogP contribution in [0, 0.1) is 0 Å². The van der Waals surface area contributed by atoms with E-state index >= 15 is 0 Å². The van der Waals surface area contributed by atoms with E-state index in [0.717, 1.165) is 58.3 Å². The lowest BCUT2D eigenvalue weighted by Gasteiger charge is -2.53. The second kappa shape index (κ2) is 7.03. The number of fused-ring (bicyclic) bond motifs is 1. The van der Waals surface area contributed by atoms with Crippen LogP contribution in [0.1, 0.15) is 44.6 Å². The number of carbonyl (C=O) groups is 2. The molecule has 2 amide bonds. The monoisotopic (exact) mass is 355 g/mol. The Kier molecular flexibility index (Phi) is 4.74. The summed E-state index contributed by atoms with van der Waals surface area (Å²) in [5, 5.41) is 0. The minimum atomic E-state index is -0.596. The average molecular weight is 355 g/mol. The van der Waals surface area contributed by atoms with Crippen molar-refractivity contribution < 1.29 is 9.59 Å². The first-order valence-corrected chi connectivity index (χ1v) is 10.0. The zero-order valence-electron chi connectivity index (χ0n) is 15.7. The molecule has 5 heteroatoms. The summed E-state index contributed by atoms with van der Waals surface area (Å²) in [6.45, 7) is 6.20. The minimum Gasteiger partial charge on any atom is -0.329 e. The molecule has 0 saturated carbocycles. The van der Waals surface area contributed by atoms with E-state index in [0.29, 0.717) is 6.54 Å². The molecule has 1 unspecified atom stereocenters. The van der Waals surface area contributed by atoms with Crippen LogP contribution in [-0.4, -0.2) is 64.3 Å². The highest BCUT2D eigenvalue weighted by molar-refractivity contribution is 6.00. The number of likely N-dealkylation sites (tertiary alicyclic amines) is 1. The molecule has 140 valence electrons. The van der Waals surface area contributed by atoms with Crippen molar-refractivity contribution in [2.24, 2.45) is 0 Å². The van der Waals surface area contributed by atoms with Gasteiger partial charge in [-0.15, -0.1) is 0 Å². The predicted octanol–water partition coefficient (Wildman–Crippen LogP) is 2.26. The van der Waals surface area contributed by atoms with Gasteiger partial charge < -0.3 is 9.80 Å². The largest absolute Gasteiger partial charge is 0.329 e. The highest BCUT2D eigenvalue weighted by Crippen LogP contribution is 2.39. The van der Waals surface area contributed by atoms with Gasteiger partial charge in [-0.2, -0.15) is 0 Å². The maximum absolute atomic E-state index is 13.4. The van der Waals surface area contributed by atoms with E-state index in [9.17, 15) is 9.59 Å². The van der Waals surface area contributed by atoms with Crippen LogP contribution in [0.15, 0.2) is 30.3 Å². The van der Waals surface area contributed by atoms with E-state index in [1.54, 1.807) is 0 Å². The van der Waals surface area contributed by atoms with E-state index in [1.807, 2.05) is 15.9 Å². The van der Waals surface area contributed by atoms with Crippen LogP contribution in [0.25, 0.3) is 0 Å². The maximum Gasteiger partial charge on any atom is 0.249 e. The van der Waals surface area contributed by atoms with Gasteiger partial charge in [0.15, 0.2) is 0 Å². The van der Waals surface area contributed by atoms with E-state index in [1.165, 1.54) is 5.56 Å². The fourth-order valence-electron chi connectivity index (χ4n) is 4.99. The lowest BCUT2D eigenvalue weighted by molar-refractivity contribution is -0.172. The molecule has 3 saturated heterocycles. The molecule has 3 aliphatic rings. The van der Waals surface area contributed by atoms with Crippen molar-refractivity contribution >= 4 is 11.8 Å². The molecule has 4 rings (SSSR count). The van der Waals surface area contributed by atoms with Gasteiger partial charge in [-0.05, 0) is 37.7 Å². The van der Waals surface area contributed by atoms with Crippen LogP contribution in [0.5, 0.6) is 0 Å². The molecule has 0 aliphatic carbocycles. The Morgan fingerprint density at radius 1 is 1.08 bits per heavy atom. The van der Waals surface area contributed by atoms with Gasteiger partial charge in [-0.3, -0.25) is 14.5 Å². The van der Waals surface area contributed by atoms with Crippen LogP contribution >= 0.6 is 0 Å². The van der Waals surface area contributed by atoms with Gasteiger partial charge in [0.05, 0.1) is 0 Å². The van der Waals surface area contributed by atoms with E-state index in [2.05, 4.69) is 36.1 Å². The van der Waals surface area contributed by atoms with Crippen LogP contribution in [0.3, 0.4) is 0 Å². The SMILES string of the molecule is CCCN1C(=O)C2CCCN2C(=O)C12CCN(Cc1ccccc1)CC2. The molecule has 1 aromatic carbocycles. The third-order valence-corrected chi connectivity index (χ3v) is 6.36. The number of rotatable bonds is 4. The molecule has 0 radical (unpaired) electrons. The lowest BCUT2D eigenvalue weighted by atomic mass is 9.81. The molecule has 1 atom stereocenters. The third-order valence-electron chi connectivity index (χ3n) is 6.36. The number of benzene rings is 1. The number of hydrogen-bond acceptors (Lipinski definition) is 3. The summed E-state index contributed by atoms with van der Waals surface area (Å²) in [7, 11) is 0. The number of carbonyl (C=O) groups excluding carboxylic acids is 2. The molecule has 3 aliphatic heterocycles. The van der Waals surface area contributed by atoms with Crippen molar-refractivity contribution in [2.75, 3.05) is 26.2 Å². The molecule has 0 N–H and O–H groups in total. The third kappa shape index (κ3) is 2.82. The van der Waals surface area contributed by atoms with Crippen LogP contribution in [-0.2, 0) is 16.1 Å². The quantitative estimate of drug-likeness (QED) is 0.832. The van der Waals surface area contributed by atoms with E-state index < -0.39 is 5.54 Å². The standard InChI is InChI=1S/C21H29N3O2/c1-2-12-24-19(25)18-9-6-13-23(18)20(26)21(24)10-14-22(15-11-21)16-17-7-4-3-5-8-17/h3-5,7-8,18H,2,6,9-16H2,1H3. The highest BCUT2D eigenvalue weighted by Gasteiger charge is 2.57. The fourth-order valence-corrected chi connectivity index (χ4v) is 4.99. The van der Waals surface area contributed by atoms with Gasteiger partial charge >= 0.3 is 0 Å². The zero-order chi connectivity index (χ0) is 18.1. The van der Waals surface area contributed by atoms with Crippen LogP contribution in [0.2, 0.25) is 0 Å². The normalized spacial score (nSPS) is 25.8. The Morgan fingerprint density at radius 2 is 1.81 bits per heavy atom. The number of piperidine rings is 1. The summed E-state index contributed by atoms with van der Waals surface area (Å²) in [6, 6.07) is 10.3. The Balaban J connectivity index is 1.52. The molecular weight excluding hydrogens is 326 g/mol. The number of piperazine rings is 1. The lowest BCUT2D eigenvalue weighted by Crippen LogP contribution is -2.72. The smallest absolute Gasteiger partial charge is 0.249 e. The van der Waals surface area contributed by atoms with Crippen molar-refractivity contribution in [3.05, 3.63) is 35.9 Å². The maximum atomic E-state index is 13.4. The summed E-state index contributed by atoms with van der Waals surface area (Å²) in [5.74, 6) is 0.410. The Hall–Kier alpha value is -1.88. The summed E-state index contributed by atoms with van der Waals surface area (Å²) in [6.07, 6.45) is 4.21. The molecule has 1 spiro atoms. The minimum absolute atomic E-state index is 0.193. The summed E-state index contributed by atoms with van der Waals surface area (Å²) in [4.78, 5) is 32.8. The first-order chi connectivity index (χ1) is 12.7. The number of hydrogen-bond donors (Lipinski definition) is 0. The summed E-state index contributed by atoms with van der Waals surface area (Å²) >= 11 is 0. The van der Waals surface area contributed by atoms with Crippen molar-refractivity contribution in [3.63, 3.8) is 0 Å². The first-order valence-electron chi connectivity index (χ1n) is 10.0. The molecule has 26 heavy (non-hydrogen) atoms. The Labute approximate surface area is 155 Å². The topological polar surface area (TPSA) is 43.9 Å². The number of amides is 2.